The lowest BCUT2D eigenvalue weighted by Crippen LogP contribution is -2.46. The quantitative estimate of drug-likeness (QED) is 0.166. The molecule has 0 aliphatic rings. The number of carbonyl (C=O) groups excluding carboxylic acids is 3. The van der Waals surface area contributed by atoms with Gasteiger partial charge in [-0.2, -0.15) is 0 Å². The van der Waals surface area contributed by atoms with Gasteiger partial charge in [0.1, 0.15) is 29.9 Å². The number of amides is 2. The summed E-state index contributed by atoms with van der Waals surface area (Å²) >= 11 is 0. The second-order valence-corrected chi connectivity index (χ2v) is 12.0. The maximum absolute atomic E-state index is 12.6. The van der Waals surface area contributed by atoms with Gasteiger partial charge in [-0.05, 0) is 47.1 Å². The molecule has 196 valence electrons. The number of benzene rings is 1. The topological polar surface area (TPSA) is 140 Å². The summed E-state index contributed by atoms with van der Waals surface area (Å²) in [6, 6.07) is 6.84. The Labute approximate surface area is 213 Å². The zero-order valence-electron chi connectivity index (χ0n) is 20.8. The lowest BCUT2D eigenvalue weighted by Gasteiger charge is -2.23. The highest BCUT2D eigenvalue weighted by Gasteiger charge is 2.27. The molecule has 3 N–H and O–H groups in total. The van der Waals surface area contributed by atoms with Crippen LogP contribution in [-0.2, 0) is 30.4 Å². The summed E-state index contributed by atoms with van der Waals surface area (Å²) in [7, 11) is 2.26. The van der Waals surface area contributed by atoms with Crippen LogP contribution in [0.25, 0.3) is 0 Å². The Bertz CT molecular complexity index is 853. The molecule has 2 atom stereocenters. The minimum absolute atomic E-state index is 0.00252. The van der Waals surface area contributed by atoms with Gasteiger partial charge < -0.3 is 30.0 Å². The second kappa shape index (κ2) is 14.1. The number of nitrogens with one attached hydrogen (secondary N) is 2. The summed E-state index contributed by atoms with van der Waals surface area (Å²) in [5.74, 6) is -1.81. The smallest absolute Gasteiger partial charge is 0.408 e. The number of carboxylic acid groups (broad SMARTS) is 1. The first-order valence-electron chi connectivity index (χ1n) is 10.8. The number of alkyl carbamates (subject to hydrolysis) is 2. The van der Waals surface area contributed by atoms with E-state index in [2.05, 4.69) is 10.6 Å². The minimum Gasteiger partial charge on any atom is -0.480 e. The van der Waals surface area contributed by atoms with E-state index in [1.165, 1.54) is 0 Å². The van der Waals surface area contributed by atoms with Crippen LogP contribution >= 0.6 is 21.6 Å². The van der Waals surface area contributed by atoms with Gasteiger partial charge >= 0.3 is 24.1 Å². The van der Waals surface area contributed by atoms with Crippen molar-refractivity contribution in [1.29, 1.82) is 0 Å². The van der Waals surface area contributed by atoms with Crippen molar-refractivity contribution < 1.29 is 38.5 Å². The van der Waals surface area contributed by atoms with Gasteiger partial charge in [-0.1, -0.05) is 51.9 Å². The maximum atomic E-state index is 12.6. The molecule has 0 spiro atoms. The molecule has 0 aliphatic heterocycles. The molecule has 1 aromatic carbocycles. The normalized spacial score (nSPS) is 13.2. The average molecular weight is 531 g/mol. The van der Waals surface area contributed by atoms with Gasteiger partial charge in [0.25, 0.3) is 0 Å². The molecule has 0 saturated heterocycles. The monoisotopic (exact) mass is 530 g/mol. The van der Waals surface area contributed by atoms with Crippen molar-refractivity contribution in [2.45, 2.75) is 71.4 Å². The standard InChI is InChI=1S/C23H34N2O8S2/c1-22(2,3)32-20(29)24-16(18(26)27)13-34-35-14-17(25-21(30)33-23(4,5)6)19(28)31-12-15-10-8-7-9-11-15/h7-11,16-17H,12-14H2,1-6H3,(H,24,29)(H,25,30)(H,26,27)/t16-,17-/m0/s1. The second-order valence-electron chi connectivity index (χ2n) is 9.40. The number of aliphatic carboxylic acids is 1. The van der Waals surface area contributed by atoms with Gasteiger partial charge in [-0.15, -0.1) is 0 Å². The van der Waals surface area contributed by atoms with Crippen LogP contribution in [0.1, 0.15) is 47.1 Å². The summed E-state index contributed by atoms with van der Waals surface area (Å²) in [6.07, 6.45) is -1.62. The molecule has 1 rings (SSSR count). The molecule has 0 saturated carbocycles. The fourth-order valence-electron chi connectivity index (χ4n) is 2.30. The summed E-state index contributed by atoms with van der Waals surface area (Å²) < 4.78 is 15.7. The van der Waals surface area contributed by atoms with E-state index in [9.17, 15) is 24.3 Å². The molecular weight excluding hydrogens is 496 g/mol. The molecular formula is C23H34N2O8S2. The van der Waals surface area contributed by atoms with Crippen LogP contribution in [0.4, 0.5) is 9.59 Å². The van der Waals surface area contributed by atoms with Crippen LogP contribution in [-0.4, -0.2) is 64.0 Å². The molecule has 12 heteroatoms. The number of hydrogen-bond donors (Lipinski definition) is 3. The third-order valence-corrected chi connectivity index (χ3v) is 6.16. The van der Waals surface area contributed by atoms with Crippen LogP contribution in [0, 0.1) is 0 Å². The fraction of sp³-hybridized carbons (Fsp3) is 0.565. The Hall–Kier alpha value is -2.60. The molecule has 1 aromatic rings. The number of esters is 1. The lowest BCUT2D eigenvalue weighted by molar-refractivity contribution is -0.146. The van der Waals surface area contributed by atoms with Crippen molar-refractivity contribution in [3.05, 3.63) is 35.9 Å². The highest BCUT2D eigenvalue weighted by Crippen LogP contribution is 2.24. The summed E-state index contributed by atoms with van der Waals surface area (Å²) in [5, 5.41) is 14.2. The third-order valence-electron chi connectivity index (χ3n) is 3.74. The third kappa shape index (κ3) is 14.4. The number of rotatable bonds is 11. The van der Waals surface area contributed by atoms with Crippen LogP contribution < -0.4 is 10.6 Å². The van der Waals surface area contributed by atoms with Gasteiger partial charge in [0.05, 0.1) is 0 Å². The Morgan fingerprint density at radius 1 is 0.829 bits per heavy atom. The van der Waals surface area contributed by atoms with E-state index in [0.29, 0.717) is 0 Å². The molecule has 10 nitrogen and oxygen atoms in total. The first-order valence-corrected chi connectivity index (χ1v) is 13.3. The van der Waals surface area contributed by atoms with E-state index >= 15 is 0 Å². The zero-order chi connectivity index (χ0) is 26.6. The van der Waals surface area contributed by atoms with Gasteiger partial charge in [0.15, 0.2) is 0 Å². The Morgan fingerprint density at radius 2 is 1.29 bits per heavy atom. The summed E-state index contributed by atoms with van der Waals surface area (Å²) in [5.41, 5.74) is -0.737. The molecule has 0 bridgehead atoms. The average Bonchev–Trinajstić information content (AvgIpc) is 2.71. The van der Waals surface area contributed by atoms with Crippen LogP contribution in [0.15, 0.2) is 30.3 Å². The van der Waals surface area contributed by atoms with E-state index in [4.69, 9.17) is 14.2 Å². The first kappa shape index (κ1) is 30.4. The van der Waals surface area contributed by atoms with Crippen molar-refractivity contribution in [3.8, 4) is 0 Å². The van der Waals surface area contributed by atoms with E-state index < -0.39 is 47.4 Å². The molecule has 0 aliphatic carbocycles. The predicted octanol–water partition coefficient (Wildman–Crippen LogP) is 3.98. The van der Waals surface area contributed by atoms with Gasteiger partial charge in [-0.3, -0.25) is 0 Å². The molecule has 0 unspecified atom stereocenters. The van der Waals surface area contributed by atoms with Crippen molar-refractivity contribution in [2.24, 2.45) is 0 Å². The van der Waals surface area contributed by atoms with Crippen molar-refractivity contribution in [1.82, 2.24) is 10.6 Å². The summed E-state index contributed by atoms with van der Waals surface area (Å²) in [4.78, 5) is 48.3. The molecule has 0 aromatic heterocycles. The predicted molar refractivity (Wildman–Crippen MR) is 135 cm³/mol. The first-order chi connectivity index (χ1) is 16.2. The van der Waals surface area contributed by atoms with Crippen LogP contribution in [0.2, 0.25) is 0 Å². The minimum atomic E-state index is -1.23. The van der Waals surface area contributed by atoms with E-state index in [1.807, 2.05) is 18.2 Å². The SMILES string of the molecule is CC(C)(C)OC(=O)N[C@@H](CSSC[C@H](NC(=O)OC(C)(C)C)C(=O)OCc1ccccc1)C(=O)O. The number of carboxylic acids is 1. The Kier molecular flexibility index (Phi) is 12.2. The molecule has 35 heavy (non-hydrogen) atoms. The van der Waals surface area contributed by atoms with Gasteiger partial charge in [0, 0.05) is 11.5 Å². The fourth-order valence-corrected chi connectivity index (χ4v) is 4.61. The van der Waals surface area contributed by atoms with Crippen molar-refractivity contribution in [3.63, 3.8) is 0 Å². The maximum Gasteiger partial charge on any atom is 0.408 e. The van der Waals surface area contributed by atoms with Crippen molar-refractivity contribution in [2.75, 3.05) is 11.5 Å². The zero-order valence-corrected chi connectivity index (χ0v) is 22.4. The van der Waals surface area contributed by atoms with Crippen LogP contribution in [0.5, 0.6) is 0 Å². The van der Waals surface area contributed by atoms with Gasteiger partial charge in [0.2, 0.25) is 0 Å². The highest BCUT2D eigenvalue weighted by atomic mass is 33.1. The largest absolute Gasteiger partial charge is 0.480 e. The Balaban J connectivity index is 2.68. The lowest BCUT2D eigenvalue weighted by atomic mass is 10.2. The summed E-state index contributed by atoms with van der Waals surface area (Å²) in [6.45, 7) is 10.1. The number of hydrogen-bond acceptors (Lipinski definition) is 9. The van der Waals surface area contributed by atoms with E-state index in [1.54, 1.807) is 53.7 Å². The Morgan fingerprint density at radius 3 is 1.74 bits per heavy atom. The van der Waals surface area contributed by atoms with Crippen molar-refractivity contribution >= 4 is 45.7 Å². The van der Waals surface area contributed by atoms with E-state index in [0.717, 1.165) is 27.2 Å². The molecule has 0 radical (unpaired) electrons. The van der Waals surface area contributed by atoms with Gasteiger partial charge in [-0.25, -0.2) is 19.2 Å². The van der Waals surface area contributed by atoms with Crippen LogP contribution in [0.3, 0.4) is 0 Å². The number of ether oxygens (including phenoxy) is 3. The number of carbonyl (C=O) groups is 4. The van der Waals surface area contributed by atoms with E-state index in [-0.39, 0.29) is 18.1 Å². The molecule has 2 amide bonds. The molecule has 0 fully saturated rings. The molecule has 0 heterocycles. The highest BCUT2D eigenvalue weighted by molar-refractivity contribution is 8.76.